The maximum Gasteiger partial charge on any atom is 0.224 e. The summed E-state index contributed by atoms with van der Waals surface area (Å²) < 4.78 is 1.62. The maximum absolute atomic E-state index is 11.4. The van der Waals surface area contributed by atoms with Gasteiger partial charge in [-0.2, -0.15) is 5.10 Å². The summed E-state index contributed by atoms with van der Waals surface area (Å²) in [4.78, 5) is 16.8. The number of β-amino-alcohol motifs (C(OH)–C–C–N with tert-alkyl or cyclic N) is 1. The van der Waals surface area contributed by atoms with Gasteiger partial charge < -0.3 is 10.0 Å². The first-order valence-corrected chi connectivity index (χ1v) is 4.54. The highest BCUT2D eigenvalue weighted by Gasteiger charge is 2.28. The third-order valence-electron chi connectivity index (χ3n) is 2.24. The highest BCUT2D eigenvalue weighted by atomic mass is 16.3. The molecule has 14 heavy (non-hydrogen) atoms. The number of nitrogens with zero attached hydrogens (tertiary/aromatic N) is 4. The van der Waals surface area contributed by atoms with E-state index in [1.54, 1.807) is 15.9 Å². The number of aryl methyl sites for hydroxylation is 1. The van der Waals surface area contributed by atoms with Crippen molar-refractivity contribution in [1.82, 2.24) is 19.7 Å². The lowest BCUT2D eigenvalue weighted by molar-refractivity contribution is -0.141. The molecule has 2 rings (SSSR count). The van der Waals surface area contributed by atoms with Gasteiger partial charge in [-0.05, 0) is 0 Å². The van der Waals surface area contributed by atoms with Crippen molar-refractivity contribution in [3.63, 3.8) is 0 Å². The average Bonchev–Trinajstić information content (AvgIpc) is 2.61. The fourth-order valence-corrected chi connectivity index (χ4v) is 1.38. The van der Waals surface area contributed by atoms with Crippen LogP contribution in [0, 0.1) is 0 Å². The molecule has 1 aromatic heterocycles. The molecule has 1 aliphatic heterocycles. The van der Waals surface area contributed by atoms with Crippen molar-refractivity contribution in [1.29, 1.82) is 0 Å². The van der Waals surface area contributed by atoms with Gasteiger partial charge in [-0.15, -0.1) is 0 Å². The predicted molar refractivity (Wildman–Crippen MR) is 47.2 cm³/mol. The Morgan fingerprint density at radius 1 is 1.57 bits per heavy atom. The average molecular weight is 196 g/mol. The number of aliphatic hydroxyl groups excluding tert-OH is 1. The van der Waals surface area contributed by atoms with Crippen LogP contribution in [0.3, 0.4) is 0 Å². The molecule has 76 valence electrons. The molecular formula is C8H12N4O2. The fraction of sp³-hybridized carbons (Fsp3) is 0.625. The zero-order valence-corrected chi connectivity index (χ0v) is 7.70. The Morgan fingerprint density at radius 3 is 2.93 bits per heavy atom. The molecule has 0 spiro atoms. The van der Waals surface area contributed by atoms with E-state index in [4.69, 9.17) is 5.11 Å². The van der Waals surface area contributed by atoms with Gasteiger partial charge in [0.2, 0.25) is 5.91 Å². The van der Waals surface area contributed by atoms with Crippen LogP contribution in [-0.4, -0.2) is 49.9 Å². The van der Waals surface area contributed by atoms with E-state index in [0.29, 0.717) is 26.1 Å². The van der Waals surface area contributed by atoms with E-state index < -0.39 is 0 Å². The number of rotatable bonds is 3. The van der Waals surface area contributed by atoms with Crippen molar-refractivity contribution in [2.24, 2.45) is 0 Å². The number of amides is 1. The Morgan fingerprint density at radius 2 is 2.36 bits per heavy atom. The minimum Gasteiger partial charge on any atom is -0.389 e. The highest BCUT2D eigenvalue weighted by molar-refractivity contribution is 5.77. The molecule has 0 aromatic carbocycles. The summed E-state index contributed by atoms with van der Waals surface area (Å²) in [5.74, 6) is 0.0609. The normalized spacial score (nSPS) is 16.8. The zero-order chi connectivity index (χ0) is 9.97. The quantitative estimate of drug-likeness (QED) is 0.664. The SMILES string of the molecule is O=C(CCn1cncn1)N1CC(O)C1. The standard InChI is InChI=1S/C8H12N4O2/c13-7-3-11(4-7)8(14)1-2-12-6-9-5-10-12/h5-7,13H,1-4H2. The molecule has 2 heterocycles. The molecule has 1 N–H and O–H groups in total. The molecule has 1 aromatic rings. The molecule has 0 atom stereocenters. The number of likely N-dealkylation sites (tertiary alicyclic amines) is 1. The Kier molecular flexibility index (Phi) is 2.45. The van der Waals surface area contributed by atoms with Crippen LogP contribution >= 0.6 is 0 Å². The minimum atomic E-state index is -0.328. The lowest BCUT2D eigenvalue weighted by Gasteiger charge is -2.35. The Hall–Kier alpha value is -1.43. The van der Waals surface area contributed by atoms with Crippen molar-refractivity contribution < 1.29 is 9.90 Å². The van der Waals surface area contributed by atoms with E-state index in [1.165, 1.54) is 6.33 Å². The largest absolute Gasteiger partial charge is 0.389 e. The van der Waals surface area contributed by atoms with E-state index in [-0.39, 0.29) is 12.0 Å². The summed E-state index contributed by atoms with van der Waals surface area (Å²) in [6.07, 6.45) is 3.11. The highest BCUT2D eigenvalue weighted by Crippen LogP contribution is 2.09. The monoisotopic (exact) mass is 196 g/mol. The van der Waals surface area contributed by atoms with Gasteiger partial charge in [0.1, 0.15) is 12.7 Å². The van der Waals surface area contributed by atoms with Gasteiger partial charge in [-0.25, -0.2) is 4.98 Å². The first-order chi connectivity index (χ1) is 6.75. The van der Waals surface area contributed by atoms with Crippen LogP contribution in [0.1, 0.15) is 6.42 Å². The number of aliphatic hydroxyl groups is 1. The van der Waals surface area contributed by atoms with Gasteiger partial charge >= 0.3 is 0 Å². The fourth-order valence-electron chi connectivity index (χ4n) is 1.38. The zero-order valence-electron chi connectivity index (χ0n) is 7.70. The molecule has 6 nitrogen and oxygen atoms in total. The van der Waals surface area contributed by atoms with E-state index in [1.807, 2.05) is 0 Å². The van der Waals surface area contributed by atoms with E-state index in [0.717, 1.165) is 0 Å². The first-order valence-electron chi connectivity index (χ1n) is 4.54. The number of hydrogen-bond acceptors (Lipinski definition) is 4. The molecule has 1 saturated heterocycles. The topological polar surface area (TPSA) is 71.2 Å². The van der Waals surface area contributed by atoms with E-state index in [9.17, 15) is 4.79 Å². The maximum atomic E-state index is 11.4. The molecular weight excluding hydrogens is 184 g/mol. The van der Waals surface area contributed by atoms with Gasteiger partial charge in [0.05, 0.1) is 12.6 Å². The van der Waals surface area contributed by atoms with E-state index in [2.05, 4.69) is 10.1 Å². The number of carbonyl (C=O) groups excluding carboxylic acids is 1. The summed E-state index contributed by atoms with van der Waals surface area (Å²) in [6, 6.07) is 0. The Balaban J connectivity index is 1.73. The smallest absolute Gasteiger partial charge is 0.224 e. The van der Waals surface area contributed by atoms with Crippen molar-refractivity contribution in [3.05, 3.63) is 12.7 Å². The van der Waals surface area contributed by atoms with Crippen molar-refractivity contribution in [2.45, 2.75) is 19.1 Å². The predicted octanol–water partition coefficient (Wildman–Crippen LogP) is -1.13. The summed E-state index contributed by atoms with van der Waals surface area (Å²) in [6.45, 7) is 1.48. The van der Waals surface area contributed by atoms with Gasteiger partial charge in [-0.1, -0.05) is 0 Å². The minimum absolute atomic E-state index is 0.0609. The van der Waals surface area contributed by atoms with Crippen LogP contribution in [0.25, 0.3) is 0 Å². The van der Waals surface area contributed by atoms with Crippen molar-refractivity contribution >= 4 is 5.91 Å². The molecule has 0 aliphatic carbocycles. The molecule has 0 unspecified atom stereocenters. The number of hydrogen-bond donors (Lipinski definition) is 1. The van der Waals surface area contributed by atoms with Gasteiger partial charge in [0.25, 0.3) is 0 Å². The van der Waals surface area contributed by atoms with Gasteiger partial charge in [-0.3, -0.25) is 9.48 Å². The van der Waals surface area contributed by atoms with Crippen LogP contribution in [0.4, 0.5) is 0 Å². The molecule has 6 heteroatoms. The first kappa shape index (κ1) is 9.14. The molecule has 0 radical (unpaired) electrons. The molecule has 0 saturated carbocycles. The van der Waals surface area contributed by atoms with Crippen molar-refractivity contribution in [2.75, 3.05) is 13.1 Å². The number of aromatic nitrogens is 3. The molecule has 0 bridgehead atoms. The van der Waals surface area contributed by atoms with E-state index >= 15 is 0 Å². The van der Waals surface area contributed by atoms with Crippen LogP contribution < -0.4 is 0 Å². The summed E-state index contributed by atoms with van der Waals surface area (Å²) >= 11 is 0. The third kappa shape index (κ3) is 1.90. The van der Waals surface area contributed by atoms with Gasteiger partial charge in [0.15, 0.2) is 0 Å². The van der Waals surface area contributed by atoms with Crippen LogP contribution in [0.15, 0.2) is 12.7 Å². The second-order valence-corrected chi connectivity index (χ2v) is 3.36. The lowest BCUT2D eigenvalue weighted by atomic mass is 10.1. The van der Waals surface area contributed by atoms with Crippen molar-refractivity contribution in [3.8, 4) is 0 Å². The summed E-state index contributed by atoms with van der Waals surface area (Å²) in [5, 5.41) is 12.9. The molecule has 1 fully saturated rings. The summed E-state index contributed by atoms with van der Waals surface area (Å²) in [7, 11) is 0. The molecule has 1 aliphatic rings. The van der Waals surface area contributed by atoms with Gasteiger partial charge in [0, 0.05) is 19.5 Å². The summed E-state index contributed by atoms with van der Waals surface area (Å²) in [5.41, 5.74) is 0. The lowest BCUT2D eigenvalue weighted by Crippen LogP contribution is -2.53. The second kappa shape index (κ2) is 3.75. The van der Waals surface area contributed by atoms with Crippen LogP contribution in [0.2, 0.25) is 0 Å². The van der Waals surface area contributed by atoms with Crippen LogP contribution in [0.5, 0.6) is 0 Å². The molecule has 1 amide bonds. The second-order valence-electron chi connectivity index (χ2n) is 3.36. The van der Waals surface area contributed by atoms with Crippen LogP contribution in [-0.2, 0) is 11.3 Å². The number of carbonyl (C=O) groups is 1. The third-order valence-corrected chi connectivity index (χ3v) is 2.24. The Labute approximate surface area is 81.2 Å². The Bertz CT molecular complexity index is 305.